The molecule has 1 fully saturated rings. The fourth-order valence-corrected chi connectivity index (χ4v) is 5.02. The Morgan fingerprint density at radius 2 is 1.32 bits per heavy atom. The average Bonchev–Trinajstić information content (AvgIpc) is 2.70. The van der Waals surface area contributed by atoms with Gasteiger partial charge in [-0.3, -0.25) is 4.79 Å². The van der Waals surface area contributed by atoms with Crippen molar-refractivity contribution in [1.82, 2.24) is 4.31 Å². The molecule has 31 heavy (non-hydrogen) atoms. The lowest BCUT2D eigenvalue weighted by Gasteiger charge is -2.51. The molecule has 0 aliphatic carbocycles. The van der Waals surface area contributed by atoms with E-state index in [0.29, 0.717) is 0 Å². The molecule has 0 aromatic rings. The number of β-lactam (4-membered cyclic amide) rings is 1. The summed E-state index contributed by atoms with van der Waals surface area (Å²) in [7, 11) is -4.82. The summed E-state index contributed by atoms with van der Waals surface area (Å²) in [5.41, 5.74) is 6.83. The molecule has 0 radical (unpaired) electrons. The quantitative estimate of drug-likeness (QED) is 0.0923. The summed E-state index contributed by atoms with van der Waals surface area (Å²) in [6.07, 6.45) is 11.1. The summed E-state index contributed by atoms with van der Waals surface area (Å²) in [6, 6.07) is -1.13. The van der Waals surface area contributed by atoms with E-state index in [1.165, 1.54) is 95.9 Å². The fraction of sp³-hybridized carbons (Fsp3) is 0.952. The standard InChI is InChI=1S/C16H36N.C5H8N4O4S/c1-5-9-13-17(14-10-6-2,15-11-7-3)16-12-8-4;1-5(2)3(7-8-6)4(10)9(5)14(11,12)13/h5-16H2,1-4H3;3H,1-2H3,(H,11,12,13)/q+1;/p-1. The van der Waals surface area contributed by atoms with Gasteiger partial charge in [0.05, 0.1) is 31.7 Å². The molecule has 1 unspecified atom stereocenters. The van der Waals surface area contributed by atoms with Crippen LogP contribution in [-0.2, 0) is 15.1 Å². The van der Waals surface area contributed by atoms with Gasteiger partial charge in [-0.25, -0.2) is 12.7 Å². The summed E-state index contributed by atoms with van der Waals surface area (Å²) < 4.78 is 33.4. The number of amides is 1. The molecule has 0 spiro atoms. The van der Waals surface area contributed by atoms with E-state index in [0.717, 1.165) is 0 Å². The second-order valence-corrected chi connectivity index (χ2v) is 10.2. The van der Waals surface area contributed by atoms with Crippen molar-refractivity contribution < 1.29 is 22.2 Å². The molecule has 1 amide bonds. The second kappa shape index (κ2) is 13.9. The Kier molecular flexibility index (Phi) is 13.3. The van der Waals surface area contributed by atoms with Crippen LogP contribution in [0.4, 0.5) is 0 Å². The molecule has 1 saturated heterocycles. The molecule has 9 nitrogen and oxygen atoms in total. The van der Waals surface area contributed by atoms with Crippen LogP contribution in [0.5, 0.6) is 0 Å². The van der Waals surface area contributed by atoms with Crippen molar-refractivity contribution in [3.05, 3.63) is 10.4 Å². The lowest BCUT2D eigenvalue weighted by Crippen LogP contribution is -2.72. The van der Waals surface area contributed by atoms with Crippen molar-refractivity contribution in [2.75, 3.05) is 26.2 Å². The largest absolute Gasteiger partial charge is 0.731 e. The van der Waals surface area contributed by atoms with Crippen LogP contribution in [0.2, 0.25) is 0 Å². The van der Waals surface area contributed by atoms with Crippen molar-refractivity contribution in [2.45, 2.75) is 104 Å². The first-order chi connectivity index (χ1) is 14.5. The maximum absolute atomic E-state index is 11.1. The number of carbonyl (C=O) groups is 1. The van der Waals surface area contributed by atoms with Crippen LogP contribution in [0.1, 0.15) is 92.9 Å². The van der Waals surface area contributed by atoms with Gasteiger partial charge in [0.2, 0.25) is 5.91 Å². The van der Waals surface area contributed by atoms with E-state index in [9.17, 15) is 17.8 Å². The Labute approximate surface area is 189 Å². The zero-order valence-corrected chi connectivity index (χ0v) is 21.2. The molecule has 0 aromatic heterocycles. The van der Waals surface area contributed by atoms with Crippen LogP contribution >= 0.6 is 0 Å². The lowest BCUT2D eigenvalue weighted by molar-refractivity contribution is -0.929. The minimum Gasteiger partial charge on any atom is -0.731 e. The van der Waals surface area contributed by atoms with Gasteiger partial charge in [-0.1, -0.05) is 58.5 Å². The molecule has 10 heteroatoms. The van der Waals surface area contributed by atoms with Gasteiger partial charge in [-0.2, -0.15) is 0 Å². The summed E-state index contributed by atoms with van der Waals surface area (Å²) in [5.74, 6) is -0.984. The number of quaternary nitrogens is 1. The van der Waals surface area contributed by atoms with Crippen LogP contribution in [0.25, 0.3) is 10.4 Å². The Morgan fingerprint density at radius 3 is 1.55 bits per heavy atom. The third kappa shape index (κ3) is 8.96. The van der Waals surface area contributed by atoms with E-state index in [2.05, 4.69) is 37.7 Å². The highest BCUT2D eigenvalue weighted by molar-refractivity contribution is 7.84. The Bertz CT molecular complexity index is 652. The Morgan fingerprint density at radius 1 is 0.968 bits per heavy atom. The topological polar surface area (TPSA) is 126 Å². The number of rotatable bonds is 14. The van der Waals surface area contributed by atoms with E-state index in [-0.39, 0.29) is 4.31 Å². The number of hydrogen-bond donors (Lipinski definition) is 0. The van der Waals surface area contributed by atoms with Gasteiger partial charge in [-0.05, 0) is 45.1 Å². The highest BCUT2D eigenvalue weighted by atomic mass is 32.2. The molecular weight excluding hydrogens is 418 g/mol. The molecule has 0 bridgehead atoms. The molecular formula is C21H43N5O4S. The van der Waals surface area contributed by atoms with Gasteiger partial charge in [0.1, 0.15) is 6.04 Å². The van der Waals surface area contributed by atoms with Crippen molar-refractivity contribution >= 4 is 16.2 Å². The summed E-state index contributed by atoms with van der Waals surface area (Å²) >= 11 is 0. The second-order valence-electron chi connectivity index (χ2n) is 8.97. The highest BCUT2D eigenvalue weighted by Crippen LogP contribution is 2.36. The fourth-order valence-electron chi connectivity index (χ4n) is 4.03. The number of azide groups is 1. The minimum atomic E-state index is -4.82. The van der Waals surface area contributed by atoms with E-state index >= 15 is 0 Å². The normalized spacial score (nSPS) is 18.0. The van der Waals surface area contributed by atoms with E-state index in [4.69, 9.17) is 5.53 Å². The molecule has 1 rings (SSSR count). The van der Waals surface area contributed by atoms with Gasteiger partial charge in [0.25, 0.3) is 0 Å². The van der Waals surface area contributed by atoms with Crippen molar-refractivity contribution in [1.29, 1.82) is 0 Å². The predicted octanol–water partition coefficient (Wildman–Crippen LogP) is 4.75. The SMILES string of the molecule is CC1(C)C(N=[N+]=[N-])C(=O)N1S(=O)(=O)[O-].CCCC[N+](CCCC)(CCCC)CCCC. The van der Waals surface area contributed by atoms with Crippen LogP contribution in [-0.4, -0.2) is 65.4 Å². The first kappa shape index (κ1) is 29.7. The van der Waals surface area contributed by atoms with Crippen LogP contribution < -0.4 is 0 Å². The zero-order chi connectivity index (χ0) is 24.1. The Hall–Kier alpha value is -1.35. The monoisotopic (exact) mass is 461 g/mol. The number of nitrogens with zero attached hydrogens (tertiary/aromatic N) is 5. The smallest absolute Gasteiger partial charge is 0.247 e. The summed E-state index contributed by atoms with van der Waals surface area (Å²) in [4.78, 5) is 13.5. The van der Waals surface area contributed by atoms with Crippen LogP contribution in [0, 0.1) is 0 Å². The molecule has 1 atom stereocenters. The van der Waals surface area contributed by atoms with Gasteiger partial charge in [0, 0.05) is 4.91 Å². The van der Waals surface area contributed by atoms with Crippen molar-refractivity contribution in [3.8, 4) is 0 Å². The van der Waals surface area contributed by atoms with E-state index < -0.39 is 27.8 Å². The molecule has 0 aromatic carbocycles. The number of hydrogen-bond acceptors (Lipinski definition) is 5. The third-order valence-corrected chi connectivity index (χ3v) is 7.06. The lowest BCUT2D eigenvalue weighted by atomic mass is 9.86. The van der Waals surface area contributed by atoms with Gasteiger partial charge >= 0.3 is 0 Å². The zero-order valence-electron chi connectivity index (χ0n) is 20.3. The van der Waals surface area contributed by atoms with Crippen LogP contribution in [0.3, 0.4) is 0 Å². The maximum atomic E-state index is 11.1. The van der Waals surface area contributed by atoms with Crippen LogP contribution in [0.15, 0.2) is 5.11 Å². The van der Waals surface area contributed by atoms with Gasteiger partial charge < -0.3 is 9.04 Å². The summed E-state index contributed by atoms with van der Waals surface area (Å²) in [5, 5.41) is 3.11. The Balaban J connectivity index is 0.000000590. The number of carbonyl (C=O) groups excluding carboxylic acids is 1. The molecule has 1 aliphatic heterocycles. The summed E-state index contributed by atoms with van der Waals surface area (Å²) in [6.45, 7) is 17.7. The van der Waals surface area contributed by atoms with Gasteiger partial charge in [0.15, 0.2) is 10.3 Å². The third-order valence-electron chi connectivity index (χ3n) is 5.96. The molecule has 1 heterocycles. The first-order valence-corrected chi connectivity index (χ1v) is 13.0. The predicted molar refractivity (Wildman–Crippen MR) is 123 cm³/mol. The molecule has 1 aliphatic rings. The van der Waals surface area contributed by atoms with E-state index in [1.807, 2.05) is 0 Å². The van der Waals surface area contributed by atoms with E-state index in [1.54, 1.807) is 0 Å². The molecule has 0 saturated carbocycles. The molecule has 0 N–H and O–H groups in total. The minimum absolute atomic E-state index is 0.180. The number of unbranched alkanes of at least 4 members (excludes halogenated alkanes) is 4. The van der Waals surface area contributed by atoms with Crippen molar-refractivity contribution in [3.63, 3.8) is 0 Å². The van der Waals surface area contributed by atoms with Crippen molar-refractivity contribution in [2.24, 2.45) is 5.11 Å². The van der Waals surface area contributed by atoms with Gasteiger partial charge in [-0.15, -0.1) is 0 Å². The average molecular weight is 462 g/mol. The molecule has 182 valence electrons. The first-order valence-electron chi connectivity index (χ1n) is 11.7. The maximum Gasteiger partial charge on any atom is 0.247 e. The highest BCUT2D eigenvalue weighted by Gasteiger charge is 2.56.